The van der Waals surface area contributed by atoms with Gasteiger partial charge in [0, 0.05) is 67.0 Å². The Morgan fingerprint density at radius 2 is 0.796 bits per heavy atom. The van der Waals surface area contributed by atoms with Crippen molar-refractivity contribution in [1.82, 2.24) is 30.5 Å². The number of hydrogen-bond acceptors (Lipinski definition) is 9. The first kappa shape index (κ1) is 46.7. The molecule has 0 aromatic carbocycles. The van der Waals surface area contributed by atoms with Crippen molar-refractivity contribution in [3.05, 3.63) is 0 Å². The number of anilines is 3. The summed E-state index contributed by atoms with van der Waals surface area (Å²) < 4.78 is 0. The molecule has 0 atom stereocenters. The van der Waals surface area contributed by atoms with Gasteiger partial charge in [0.1, 0.15) is 0 Å². The summed E-state index contributed by atoms with van der Waals surface area (Å²) in [6.45, 7) is 37.9. The molecule has 2 aliphatic rings. The number of nitrogens with zero attached hydrogens (tertiary/aromatic N) is 7. The Bertz CT molecular complexity index is 1110. The molecule has 54 heavy (non-hydrogen) atoms. The van der Waals surface area contributed by atoms with Crippen LogP contribution < -0.4 is 25.3 Å². The first-order valence-electron chi connectivity index (χ1n) is 22.8. The fourth-order valence-electron chi connectivity index (χ4n) is 9.78. The first-order valence-corrected chi connectivity index (χ1v) is 22.8. The molecule has 0 aliphatic carbocycles. The quantitative estimate of drug-likeness (QED) is 0.0949. The maximum absolute atomic E-state index is 5.45. The third-order valence-electron chi connectivity index (χ3n) is 11.8. The van der Waals surface area contributed by atoms with Gasteiger partial charge in [-0.1, -0.05) is 73.1 Å². The van der Waals surface area contributed by atoms with Crippen LogP contribution in [0.25, 0.3) is 0 Å². The zero-order valence-electron chi connectivity index (χ0n) is 38.0. The highest BCUT2D eigenvalue weighted by Crippen LogP contribution is 2.35. The Kier molecular flexibility index (Phi) is 18.8. The molecule has 0 spiro atoms. The van der Waals surface area contributed by atoms with Crippen molar-refractivity contribution in [1.29, 1.82) is 0 Å². The molecule has 0 saturated carbocycles. The average molecular weight is 756 g/mol. The van der Waals surface area contributed by atoms with E-state index in [-0.39, 0.29) is 22.2 Å². The van der Waals surface area contributed by atoms with Crippen LogP contribution in [0.15, 0.2) is 0 Å². The number of piperidine rings is 2. The van der Waals surface area contributed by atoms with Crippen molar-refractivity contribution in [2.24, 2.45) is 0 Å². The third-order valence-corrected chi connectivity index (χ3v) is 11.8. The molecular weight excluding hydrogens is 667 g/mol. The summed E-state index contributed by atoms with van der Waals surface area (Å²) in [5, 5.41) is 7.84. The standard InChI is InChI=1S/C45H89N9/c1-14-19-27-52(28-20-15-2)39-46-40(53(29-21-16-3)30-22-17-4)48-41(47-39)54(38-35-44(10,11)50-45(12,13)36-38)32-26-24-23-25-31-51(18-5)37-33-42(6,7)49-43(8,9)34-37/h37-38,49-50H,14-36H2,1-13H3. The zero-order valence-corrected chi connectivity index (χ0v) is 38.0. The molecule has 0 radical (unpaired) electrons. The van der Waals surface area contributed by atoms with E-state index in [4.69, 9.17) is 15.0 Å². The second-order valence-corrected chi connectivity index (χ2v) is 19.8. The van der Waals surface area contributed by atoms with E-state index in [0.717, 1.165) is 102 Å². The molecule has 3 heterocycles. The van der Waals surface area contributed by atoms with Crippen LogP contribution in [-0.4, -0.2) is 99.9 Å². The van der Waals surface area contributed by atoms with Gasteiger partial charge >= 0.3 is 0 Å². The van der Waals surface area contributed by atoms with Crippen LogP contribution >= 0.6 is 0 Å². The van der Waals surface area contributed by atoms with E-state index in [9.17, 15) is 0 Å². The Balaban J connectivity index is 1.91. The van der Waals surface area contributed by atoms with E-state index in [1.165, 1.54) is 64.3 Å². The largest absolute Gasteiger partial charge is 0.341 e. The fraction of sp³-hybridized carbons (Fsp3) is 0.933. The van der Waals surface area contributed by atoms with Crippen LogP contribution in [0.5, 0.6) is 0 Å². The molecule has 2 N–H and O–H groups in total. The summed E-state index contributed by atoms with van der Waals surface area (Å²) in [6.07, 6.45) is 18.8. The fourth-order valence-corrected chi connectivity index (χ4v) is 9.78. The highest BCUT2D eigenvalue weighted by molar-refractivity contribution is 5.47. The minimum atomic E-state index is 0.0350. The van der Waals surface area contributed by atoms with Crippen molar-refractivity contribution < 1.29 is 0 Å². The van der Waals surface area contributed by atoms with Crippen LogP contribution in [-0.2, 0) is 0 Å². The summed E-state index contributed by atoms with van der Waals surface area (Å²) in [7, 11) is 0. The third kappa shape index (κ3) is 15.3. The van der Waals surface area contributed by atoms with E-state index in [0.29, 0.717) is 12.1 Å². The smallest absolute Gasteiger partial charge is 0.232 e. The number of nitrogens with one attached hydrogen (secondary N) is 2. The zero-order chi connectivity index (χ0) is 40.0. The molecule has 2 saturated heterocycles. The van der Waals surface area contributed by atoms with Crippen LogP contribution in [0.1, 0.15) is 193 Å². The normalized spacial score (nSPS) is 19.7. The lowest BCUT2D eigenvalue weighted by Gasteiger charge is -2.50. The van der Waals surface area contributed by atoms with Gasteiger partial charge in [0.25, 0.3) is 0 Å². The number of aromatic nitrogens is 3. The van der Waals surface area contributed by atoms with Gasteiger partial charge in [-0.25, -0.2) is 0 Å². The summed E-state index contributed by atoms with van der Waals surface area (Å²) in [4.78, 5) is 26.6. The predicted octanol–water partition coefficient (Wildman–Crippen LogP) is 9.99. The molecule has 2 aliphatic heterocycles. The highest BCUT2D eigenvalue weighted by atomic mass is 15.4. The average Bonchev–Trinajstić information content (AvgIpc) is 3.06. The van der Waals surface area contributed by atoms with Crippen molar-refractivity contribution in [2.75, 3.05) is 60.5 Å². The van der Waals surface area contributed by atoms with Crippen molar-refractivity contribution in [3.8, 4) is 0 Å². The van der Waals surface area contributed by atoms with Crippen molar-refractivity contribution in [3.63, 3.8) is 0 Å². The van der Waals surface area contributed by atoms with Gasteiger partial charge < -0.3 is 30.2 Å². The molecule has 2 fully saturated rings. The molecule has 9 heteroatoms. The minimum absolute atomic E-state index is 0.0350. The van der Waals surface area contributed by atoms with Crippen molar-refractivity contribution >= 4 is 17.8 Å². The molecule has 1 aromatic heterocycles. The van der Waals surface area contributed by atoms with E-state index in [2.05, 4.69) is 120 Å². The summed E-state index contributed by atoms with van der Waals surface area (Å²) in [5.74, 6) is 2.67. The first-order chi connectivity index (χ1) is 25.5. The van der Waals surface area contributed by atoms with Gasteiger partial charge in [0.05, 0.1) is 0 Å². The summed E-state index contributed by atoms with van der Waals surface area (Å²) in [5.41, 5.74) is 0.435. The van der Waals surface area contributed by atoms with Gasteiger partial charge in [-0.2, -0.15) is 15.0 Å². The molecule has 0 bridgehead atoms. The van der Waals surface area contributed by atoms with Crippen LogP contribution in [0.4, 0.5) is 17.8 Å². The van der Waals surface area contributed by atoms with Gasteiger partial charge in [-0.3, -0.25) is 0 Å². The molecule has 0 unspecified atom stereocenters. The molecule has 314 valence electrons. The number of rotatable bonds is 25. The Hall–Kier alpha value is -1.71. The van der Waals surface area contributed by atoms with Crippen LogP contribution in [0, 0.1) is 0 Å². The van der Waals surface area contributed by atoms with E-state index in [1.807, 2.05) is 0 Å². The lowest BCUT2D eigenvalue weighted by molar-refractivity contribution is 0.0681. The minimum Gasteiger partial charge on any atom is -0.341 e. The van der Waals surface area contributed by atoms with Gasteiger partial charge in [0.15, 0.2) is 0 Å². The van der Waals surface area contributed by atoms with Crippen LogP contribution in [0.3, 0.4) is 0 Å². The topological polar surface area (TPSA) is 75.7 Å². The maximum Gasteiger partial charge on any atom is 0.232 e. The molecule has 0 amide bonds. The monoisotopic (exact) mass is 756 g/mol. The number of hydrogen-bond donors (Lipinski definition) is 2. The van der Waals surface area contributed by atoms with E-state index in [1.54, 1.807) is 0 Å². The van der Waals surface area contributed by atoms with E-state index >= 15 is 0 Å². The lowest BCUT2D eigenvalue weighted by Crippen LogP contribution is -2.62. The lowest BCUT2D eigenvalue weighted by atomic mass is 9.79. The van der Waals surface area contributed by atoms with Gasteiger partial charge in [-0.05, 0) is 133 Å². The maximum atomic E-state index is 5.45. The molecule has 1 aromatic rings. The second-order valence-electron chi connectivity index (χ2n) is 19.8. The second kappa shape index (κ2) is 21.7. The summed E-state index contributed by atoms with van der Waals surface area (Å²) in [6, 6.07) is 1.01. The number of unbranched alkanes of at least 4 members (excludes halogenated alkanes) is 7. The molecule has 9 nitrogen and oxygen atoms in total. The van der Waals surface area contributed by atoms with E-state index < -0.39 is 0 Å². The molecule has 3 rings (SSSR count). The Labute approximate surface area is 335 Å². The van der Waals surface area contributed by atoms with Gasteiger partial charge in [-0.15, -0.1) is 0 Å². The highest BCUT2D eigenvalue weighted by Gasteiger charge is 2.41. The summed E-state index contributed by atoms with van der Waals surface area (Å²) >= 11 is 0. The molecular formula is C45H89N9. The predicted molar refractivity (Wildman–Crippen MR) is 236 cm³/mol. The Morgan fingerprint density at radius 3 is 1.17 bits per heavy atom. The Morgan fingerprint density at radius 1 is 0.444 bits per heavy atom. The van der Waals surface area contributed by atoms with Crippen molar-refractivity contribution in [2.45, 2.75) is 227 Å². The SMILES string of the molecule is CCCCN(CCCC)c1nc(N(CCCC)CCCC)nc(N(CCCCCCN(CC)C2CC(C)(C)NC(C)(C)C2)C2CC(C)(C)NC(C)(C)C2)n1. The van der Waals surface area contributed by atoms with Crippen LogP contribution in [0.2, 0.25) is 0 Å². The van der Waals surface area contributed by atoms with Gasteiger partial charge in [0.2, 0.25) is 17.8 Å².